The van der Waals surface area contributed by atoms with E-state index in [1.54, 1.807) is 0 Å². The van der Waals surface area contributed by atoms with Crippen molar-refractivity contribution in [2.24, 2.45) is 5.73 Å². The number of ether oxygens (including phenoxy) is 5. The second kappa shape index (κ2) is 40.4. The summed E-state index contributed by atoms with van der Waals surface area (Å²) in [4.78, 5) is 42.8. The molecule has 0 heterocycles. The smallest absolute Gasteiger partial charge is 0.327 e. The molecule has 54 heavy (non-hydrogen) atoms. The van der Waals surface area contributed by atoms with Crippen molar-refractivity contribution in [3.8, 4) is 0 Å². The molecule has 0 rings (SSSR count). The summed E-state index contributed by atoms with van der Waals surface area (Å²) in [7, 11) is -4.04. The molecule has 0 unspecified atom stereocenters. The van der Waals surface area contributed by atoms with Gasteiger partial charge in [0.2, 0.25) is 5.91 Å². The number of rotatable bonds is 43. The summed E-state index contributed by atoms with van der Waals surface area (Å²) < 4.78 is 38.5. The van der Waals surface area contributed by atoms with Crippen LogP contribution in [0.1, 0.15) is 155 Å². The van der Waals surface area contributed by atoms with Crippen LogP contribution in [0, 0.1) is 0 Å². The van der Waals surface area contributed by atoms with Crippen LogP contribution in [0.4, 0.5) is 0 Å². The largest absolute Gasteiger partial charge is 0.459 e. The van der Waals surface area contributed by atoms with Crippen molar-refractivity contribution in [1.82, 2.24) is 5.32 Å². The fourth-order valence-corrected chi connectivity index (χ4v) is 7.04. The minimum absolute atomic E-state index is 0.0219. The molecule has 14 heteroatoms. The van der Waals surface area contributed by atoms with Crippen LogP contribution in [0.25, 0.3) is 0 Å². The molecule has 322 valence electrons. The molecular formula is C40H81N2O10PS. The van der Waals surface area contributed by atoms with E-state index in [0.29, 0.717) is 64.1 Å². The summed E-state index contributed by atoms with van der Waals surface area (Å²) in [5.74, 6) is 0.456. The van der Waals surface area contributed by atoms with Crippen LogP contribution in [0.5, 0.6) is 0 Å². The Morgan fingerprint density at radius 2 is 1.07 bits per heavy atom. The molecule has 2 atom stereocenters. The van der Waals surface area contributed by atoms with Gasteiger partial charge in [-0.05, 0) is 12.8 Å². The van der Waals surface area contributed by atoms with E-state index in [-0.39, 0.29) is 37.4 Å². The zero-order chi connectivity index (χ0) is 39.8. The summed E-state index contributed by atoms with van der Waals surface area (Å²) in [6.07, 6.45) is 25.9. The molecule has 0 aliphatic heterocycles. The lowest BCUT2D eigenvalue weighted by Gasteiger charge is -2.19. The number of nitrogens with two attached hydrogens (primary N) is 1. The number of nitrogens with one attached hydrogen (secondary N) is 1. The number of carbonyl (C=O) groups excluding carboxylic acids is 2. The predicted molar refractivity (Wildman–Crippen MR) is 221 cm³/mol. The van der Waals surface area contributed by atoms with Crippen LogP contribution in [-0.4, -0.2) is 111 Å². The summed E-state index contributed by atoms with van der Waals surface area (Å²) >= 11 is 1.49. The van der Waals surface area contributed by atoms with Gasteiger partial charge in [-0.25, -0.2) is 0 Å². The first-order valence-electron chi connectivity index (χ1n) is 21.4. The average molecular weight is 813 g/mol. The van der Waals surface area contributed by atoms with Crippen molar-refractivity contribution in [2.75, 3.05) is 77.1 Å². The zero-order valence-corrected chi connectivity index (χ0v) is 36.0. The topological polar surface area (TPSA) is 176 Å². The summed E-state index contributed by atoms with van der Waals surface area (Å²) in [6.45, 7) is 7.29. The standard InChI is InChI=1S/C40H81N2O10PS/c1-3-5-7-9-11-13-15-16-18-20-22-24-39(43)52-37(34-51-26-23-21-19-17-14-12-10-8-6-4-2)35-54-36-38(41)40(44)42-25-27-48-28-29-49-30-31-50-32-33-53(45,46)47/h37-38H,3-36,41H2,1-2H3,(H,42,44)(H2,45,46,47)/t37-,38+/m1/s1. The van der Waals surface area contributed by atoms with E-state index in [1.165, 1.54) is 114 Å². The monoisotopic (exact) mass is 813 g/mol. The molecule has 12 nitrogen and oxygen atoms in total. The average Bonchev–Trinajstić information content (AvgIpc) is 3.13. The van der Waals surface area contributed by atoms with Gasteiger partial charge in [0.15, 0.2) is 0 Å². The van der Waals surface area contributed by atoms with Gasteiger partial charge in [-0.1, -0.05) is 136 Å². The van der Waals surface area contributed by atoms with Gasteiger partial charge in [0.1, 0.15) is 6.10 Å². The van der Waals surface area contributed by atoms with Gasteiger partial charge in [-0.3, -0.25) is 14.2 Å². The molecule has 0 aromatic rings. The van der Waals surface area contributed by atoms with Crippen LogP contribution in [0.15, 0.2) is 0 Å². The third-order valence-corrected chi connectivity index (χ3v) is 11.0. The normalized spacial score (nSPS) is 12.9. The lowest BCUT2D eigenvalue weighted by atomic mass is 10.1. The Morgan fingerprint density at radius 1 is 0.611 bits per heavy atom. The number of carbonyl (C=O) groups is 2. The van der Waals surface area contributed by atoms with E-state index >= 15 is 0 Å². The van der Waals surface area contributed by atoms with Gasteiger partial charge in [0, 0.05) is 31.1 Å². The van der Waals surface area contributed by atoms with Gasteiger partial charge in [-0.2, -0.15) is 11.8 Å². The van der Waals surface area contributed by atoms with Crippen molar-refractivity contribution in [3.63, 3.8) is 0 Å². The molecule has 1 amide bonds. The van der Waals surface area contributed by atoms with E-state index in [9.17, 15) is 14.2 Å². The minimum Gasteiger partial charge on any atom is -0.459 e. The van der Waals surface area contributed by atoms with Gasteiger partial charge >= 0.3 is 13.6 Å². The summed E-state index contributed by atoms with van der Waals surface area (Å²) in [6, 6.07) is -0.704. The van der Waals surface area contributed by atoms with Crippen LogP contribution in [-0.2, 0) is 37.8 Å². The van der Waals surface area contributed by atoms with Gasteiger partial charge in [0.25, 0.3) is 0 Å². The van der Waals surface area contributed by atoms with Gasteiger partial charge < -0.3 is 44.5 Å². The van der Waals surface area contributed by atoms with E-state index in [4.69, 9.17) is 39.2 Å². The molecule has 0 aliphatic carbocycles. The minimum atomic E-state index is -4.04. The Bertz CT molecular complexity index is 886. The van der Waals surface area contributed by atoms with Crippen molar-refractivity contribution in [1.29, 1.82) is 0 Å². The molecule has 5 N–H and O–H groups in total. The number of hydrogen-bond acceptors (Lipinski definition) is 10. The highest BCUT2D eigenvalue weighted by atomic mass is 32.2. The Balaban J connectivity index is 4.27. The first-order valence-corrected chi connectivity index (χ1v) is 24.3. The van der Waals surface area contributed by atoms with Gasteiger partial charge in [0.05, 0.1) is 58.5 Å². The molecular weight excluding hydrogens is 731 g/mol. The SMILES string of the molecule is CCCCCCCCCCCCCC(=O)O[C@H](COCCCCCCCCCCCC)CSC[C@H](N)C(=O)NCCOCCOCCOCCP(=O)(O)O. The molecule has 0 saturated carbocycles. The van der Waals surface area contributed by atoms with Crippen LogP contribution in [0.3, 0.4) is 0 Å². The zero-order valence-electron chi connectivity index (χ0n) is 34.3. The number of amides is 1. The third kappa shape index (κ3) is 40.9. The molecule has 0 fully saturated rings. The molecule has 0 saturated heterocycles. The summed E-state index contributed by atoms with van der Waals surface area (Å²) in [5, 5.41) is 2.79. The Labute approximate surface area is 333 Å². The molecule has 0 aliphatic rings. The maximum absolute atomic E-state index is 12.7. The summed E-state index contributed by atoms with van der Waals surface area (Å²) in [5.41, 5.74) is 6.14. The van der Waals surface area contributed by atoms with Crippen LogP contribution in [0.2, 0.25) is 0 Å². The fraction of sp³-hybridized carbons (Fsp3) is 0.950. The maximum Gasteiger partial charge on any atom is 0.327 e. The predicted octanol–water partition coefficient (Wildman–Crippen LogP) is 7.94. The number of esters is 1. The Morgan fingerprint density at radius 3 is 1.59 bits per heavy atom. The van der Waals surface area contributed by atoms with E-state index in [2.05, 4.69) is 19.2 Å². The first kappa shape index (κ1) is 53.2. The van der Waals surface area contributed by atoms with Crippen molar-refractivity contribution >= 4 is 31.2 Å². The highest BCUT2D eigenvalue weighted by Crippen LogP contribution is 2.33. The second-order valence-electron chi connectivity index (χ2n) is 14.3. The molecule has 0 aromatic carbocycles. The van der Waals surface area contributed by atoms with Crippen molar-refractivity contribution in [2.45, 2.75) is 167 Å². The van der Waals surface area contributed by atoms with Crippen LogP contribution >= 0.6 is 19.4 Å². The highest BCUT2D eigenvalue weighted by molar-refractivity contribution is 7.99. The van der Waals surface area contributed by atoms with E-state index in [1.807, 2.05) is 0 Å². The number of thioether (sulfide) groups is 1. The maximum atomic E-state index is 12.7. The Hall–Kier alpha value is -0.760. The van der Waals surface area contributed by atoms with E-state index < -0.39 is 13.6 Å². The quantitative estimate of drug-likeness (QED) is 0.0266. The van der Waals surface area contributed by atoms with Crippen molar-refractivity contribution in [3.05, 3.63) is 0 Å². The Kier molecular flexibility index (Phi) is 39.9. The van der Waals surface area contributed by atoms with E-state index in [0.717, 1.165) is 32.1 Å². The first-order chi connectivity index (χ1) is 26.2. The second-order valence-corrected chi connectivity index (χ2v) is 17.2. The van der Waals surface area contributed by atoms with Crippen LogP contribution < -0.4 is 11.1 Å². The highest BCUT2D eigenvalue weighted by Gasteiger charge is 2.18. The molecule has 0 aromatic heterocycles. The van der Waals surface area contributed by atoms with Crippen molar-refractivity contribution < 1.29 is 47.6 Å². The molecule has 0 bridgehead atoms. The lowest BCUT2D eigenvalue weighted by Crippen LogP contribution is -2.43. The van der Waals surface area contributed by atoms with Gasteiger partial charge in [-0.15, -0.1) is 0 Å². The third-order valence-electron chi connectivity index (χ3n) is 8.98. The number of hydrogen-bond donors (Lipinski definition) is 4. The molecule has 0 radical (unpaired) electrons. The number of unbranched alkanes of at least 4 members (excludes halogenated alkanes) is 19. The fourth-order valence-electron chi connectivity index (χ4n) is 5.71. The molecule has 0 spiro atoms. The lowest BCUT2D eigenvalue weighted by molar-refractivity contribution is -0.150.